The van der Waals surface area contributed by atoms with Gasteiger partial charge in [-0.25, -0.2) is 4.99 Å². The number of aliphatic imine (C=N–C) groups is 1. The summed E-state index contributed by atoms with van der Waals surface area (Å²) in [7, 11) is 0. The molecule has 1 heterocycles. The van der Waals surface area contributed by atoms with E-state index in [0.717, 1.165) is 10.5 Å². The Morgan fingerprint density at radius 2 is 2.22 bits per heavy atom. The van der Waals surface area contributed by atoms with Gasteiger partial charge in [-0.05, 0) is 6.92 Å². The van der Waals surface area contributed by atoms with Crippen LogP contribution in [0.4, 0.5) is 0 Å². The summed E-state index contributed by atoms with van der Waals surface area (Å²) >= 11 is 0. The Labute approximate surface area is 54.3 Å². The van der Waals surface area contributed by atoms with Crippen molar-refractivity contribution in [2.75, 3.05) is 0 Å². The van der Waals surface area contributed by atoms with Gasteiger partial charge in [0.25, 0.3) is 5.66 Å². The predicted molar refractivity (Wildman–Crippen MR) is 36.9 cm³/mol. The second-order valence-corrected chi connectivity index (χ2v) is 2.70. The normalized spacial score (nSPS) is 23.4. The second kappa shape index (κ2) is 1.56. The number of nitrogens with zero attached hydrogens (tertiary/aromatic N) is 2. The van der Waals surface area contributed by atoms with Gasteiger partial charge in [0, 0.05) is 13.8 Å². The highest BCUT2D eigenvalue weighted by molar-refractivity contribution is 6.28. The van der Waals surface area contributed by atoms with Crippen LogP contribution in [0.15, 0.2) is 4.99 Å². The predicted octanol–water partition coefficient (Wildman–Crippen LogP) is 0.778. The summed E-state index contributed by atoms with van der Waals surface area (Å²) in [6.07, 6.45) is 1.50. The summed E-state index contributed by atoms with van der Waals surface area (Å²) in [6.45, 7) is 5.39. The van der Waals surface area contributed by atoms with E-state index in [9.17, 15) is 5.21 Å². The molecule has 0 aromatic carbocycles. The fourth-order valence-electron chi connectivity index (χ4n) is 0.837. The zero-order chi connectivity index (χ0) is 7.07. The molecule has 0 radical (unpaired) electrons. The maximum atomic E-state index is 10.9. The molecule has 0 amide bonds. The first kappa shape index (κ1) is 6.26. The molecular weight excluding hydrogens is 116 g/mol. The van der Waals surface area contributed by atoms with Gasteiger partial charge in [-0.3, -0.25) is 0 Å². The number of hydroxylamine groups is 1. The topological polar surface area (TPSA) is 38.4 Å². The molecule has 0 N–H and O–H groups in total. The summed E-state index contributed by atoms with van der Waals surface area (Å²) in [5.41, 5.74) is 0.236. The maximum Gasteiger partial charge on any atom is 0.259 e. The molecule has 50 valence electrons. The molecule has 3 nitrogen and oxygen atoms in total. The zero-order valence-corrected chi connectivity index (χ0v) is 5.88. The highest BCUT2D eigenvalue weighted by atomic mass is 16.5. The molecule has 0 atom stereocenters. The largest absolute Gasteiger partial charge is 0.622 e. The lowest BCUT2D eigenvalue weighted by atomic mass is 10.3. The van der Waals surface area contributed by atoms with Crippen molar-refractivity contribution < 1.29 is 4.74 Å². The van der Waals surface area contributed by atoms with Crippen molar-refractivity contribution in [1.82, 2.24) is 0 Å². The third kappa shape index (κ3) is 0.943. The fourth-order valence-corrected chi connectivity index (χ4v) is 0.837. The van der Waals surface area contributed by atoms with Gasteiger partial charge in [0.2, 0.25) is 0 Å². The fraction of sp³-hybridized carbons (Fsp3) is 0.667. The molecule has 0 unspecified atom stereocenters. The summed E-state index contributed by atoms with van der Waals surface area (Å²) in [4.78, 5) is 4.08. The quantitative estimate of drug-likeness (QED) is 0.349. The molecule has 0 fully saturated rings. The van der Waals surface area contributed by atoms with E-state index < -0.39 is 5.66 Å². The molecule has 0 aromatic rings. The molecule has 0 bridgehead atoms. The van der Waals surface area contributed by atoms with E-state index in [1.807, 2.05) is 6.92 Å². The second-order valence-electron chi connectivity index (χ2n) is 2.70. The van der Waals surface area contributed by atoms with Crippen molar-refractivity contribution >= 4 is 11.9 Å². The Morgan fingerprint density at radius 1 is 1.67 bits per heavy atom. The van der Waals surface area contributed by atoms with Gasteiger partial charge in [0.15, 0.2) is 6.21 Å². The molecule has 0 spiro atoms. The van der Waals surface area contributed by atoms with Crippen LogP contribution in [0.1, 0.15) is 20.8 Å². The van der Waals surface area contributed by atoms with Gasteiger partial charge in [0.1, 0.15) is 5.71 Å². The molecule has 1 aliphatic heterocycles. The van der Waals surface area contributed by atoms with Crippen LogP contribution in [0.3, 0.4) is 0 Å². The monoisotopic (exact) mass is 126 g/mol. The van der Waals surface area contributed by atoms with Gasteiger partial charge >= 0.3 is 0 Å². The smallest absolute Gasteiger partial charge is 0.259 e. The minimum atomic E-state index is -0.565. The first-order valence-corrected chi connectivity index (χ1v) is 2.90. The van der Waals surface area contributed by atoms with Crippen molar-refractivity contribution in [3.63, 3.8) is 0 Å². The number of hydrogen-bond donors (Lipinski definition) is 0. The van der Waals surface area contributed by atoms with Gasteiger partial charge in [0.05, 0.1) is 0 Å². The maximum absolute atomic E-state index is 10.9. The first-order chi connectivity index (χ1) is 4.02. The van der Waals surface area contributed by atoms with Crippen molar-refractivity contribution in [3.05, 3.63) is 5.21 Å². The van der Waals surface area contributed by atoms with Crippen LogP contribution < -0.4 is 0 Å². The zero-order valence-electron chi connectivity index (χ0n) is 5.88. The number of rotatable bonds is 0. The Hall–Kier alpha value is -0.860. The molecule has 1 aliphatic rings. The molecule has 9 heavy (non-hydrogen) atoms. The third-order valence-electron chi connectivity index (χ3n) is 1.29. The Balaban J connectivity index is 2.96. The molecule has 0 aliphatic carbocycles. The van der Waals surface area contributed by atoms with E-state index in [1.165, 1.54) is 6.21 Å². The van der Waals surface area contributed by atoms with Crippen LogP contribution in [0.2, 0.25) is 0 Å². The number of hydrogen-bond acceptors (Lipinski definition) is 2. The summed E-state index contributed by atoms with van der Waals surface area (Å²) in [6, 6.07) is 0. The van der Waals surface area contributed by atoms with Crippen molar-refractivity contribution in [1.29, 1.82) is 0 Å². The lowest BCUT2D eigenvalue weighted by Gasteiger charge is -2.13. The van der Waals surface area contributed by atoms with E-state index in [-0.39, 0.29) is 0 Å². The van der Waals surface area contributed by atoms with Crippen molar-refractivity contribution in [2.45, 2.75) is 26.4 Å². The average molecular weight is 126 g/mol. The molecule has 0 saturated carbocycles. The lowest BCUT2D eigenvalue weighted by Crippen LogP contribution is -2.26. The summed E-state index contributed by atoms with van der Waals surface area (Å²) in [5, 5.41) is 10.9. The van der Waals surface area contributed by atoms with Gasteiger partial charge < -0.3 is 5.21 Å². The highest BCUT2D eigenvalue weighted by Crippen LogP contribution is 2.13. The van der Waals surface area contributed by atoms with Crippen LogP contribution in [-0.4, -0.2) is 22.3 Å². The molecule has 1 rings (SSSR count). The molecule has 0 aromatic heterocycles. The van der Waals surface area contributed by atoms with Crippen molar-refractivity contribution in [3.8, 4) is 0 Å². The standard InChI is InChI=1S/C6H10N2O/c1-5-4-8(9)6(2,3)7-5/h4H,1-3H3. The minimum Gasteiger partial charge on any atom is -0.622 e. The average Bonchev–Trinajstić information content (AvgIpc) is 1.79. The molecular formula is C6H10N2O. The Bertz CT molecular complexity index is 191. The minimum absolute atomic E-state index is 0.565. The van der Waals surface area contributed by atoms with Crippen LogP contribution in [0, 0.1) is 5.21 Å². The van der Waals surface area contributed by atoms with Gasteiger partial charge in [-0.2, -0.15) is 4.74 Å². The van der Waals surface area contributed by atoms with Crippen LogP contribution in [0.5, 0.6) is 0 Å². The van der Waals surface area contributed by atoms with Crippen LogP contribution in [-0.2, 0) is 0 Å². The highest BCUT2D eigenvalue weighted by Gasteiger charge is 2.29. The SMILES string of the molecule is CC1=NC(C)(C)[N+]([O-])=C1. The van der Waals surface area contributed by atoms with Gasteiger partial charge in [-0.15, -0.1) is 0 Å². The summed E-state index contributed by atoms with van der Waals surface area (Å²) < 4.78 is 0.863. The van der Waals surface area contributed by atoms with E-state index in [2.05, 4.69) is 4.99 Å². The third-order valence-corrected chi connectivity index (χ3v) is 1.29. The Morgan fingerprint density at radius 3 is 2.33 bits per heavy atom. The van der Waals surface area contributed by atoms with Crippen LogP contribution >= 0.6 is 0 Å². The molecule has 0 saturated heterocycles. The van der Waals surface area contributed by atoms with E-state index >= 15 is 0 Å². The lowest BCUT2D eigenvalue weighted by molar-refractivity contribution is -0.528. The Kier molecular flexibility index (Phi) is 1.08. The van der Waals surface area contributed by atoms with Gasteiger partial charge in [-0.1, -0.05) is 0 Å². The first-order valence-electron chi connectivity index (χ1n) is 2.90. The van der Waals surface area contributed by atoms with E-state index in [4.69, 9.17) is 0 Å². The van der Waals surface area contributed by atoms with Crippen molar-refractivity contribution in [2.24, 2.45) is 4.99 Å². The van der Waals surface area contributed by atoms with E-state index in [1.54, 1.807) is 13.8 Å². The summed E-state index contributed by atoms with van der Waals surface area (Å²) in [5.74, 6) is 0. The molecule has 3 heteroatoms. The van der Waals surface area contributed by atoms with E-state index in [0.29, 0.717) is 0 Å². The van der Waals surface area contributed by atoms with Crippen LogP contribution in [0.25, 0.3) is 0 Å².